The first-order chi connectivity index (χ1) is 15.5. The van der Waals surface area contributed by atoms with Crippen LogP contribution < -0.4 is 4.74 Å². The molecule has 0 aromatic heterocycles. The van der Waals surface area contributed by atoms with Crippen molar-refractivity contribution in [3.63, 3.8) is 0 Å². The van der Waals surface area contributed by atoms with Gasteiger partial charge in [-0.15, -0.1) is 0 Å². The van der Waals surface area contributed by atoms with Crippen LogP contribution in [-0.2, 0) is 17.8 Å². The summed E-state index contributed by atoms with van der Waals surface area (Å²) in [6, 6.07) is 12.9. The highest BCUT2D eigenvalue weighted by molar-refractivity contribution is 6.31. The molecule has 0 radical (unpaired) electrons. The zero-order valence-corrected chi connectivity index (χ0v) is 19.2. The summed E-state index contributed by atoms with van der Waals surface area (Å²) in [7, 11) is 1.66. The summed E-state index contributed by atoms with van der Waals surface area (Å²) in [6.45, 7) is 1.25. The van der Waals surface area contributed by atoms with Gasteiger partial charge in [-0.1, -0.05) is 36.6 Å². The Balaban J connectivity index is 1.42. The van der Waals surface area contributed by atoms with Crippen molar-refractivity contribution in [2.45, 2.75) is 57.2 Å². The van der Waals surface area contributed by atoms with Crippen LogP contribution in [0.15, 0.2) is 42.5 Å². The molecule has 32 heavy (non-hydrogen) atoms. The van der Waals surface area contributed by atoms with Gasteiger partial charge in [0.15, 0.2) is 0 Å². The Morgan fingerprint density at radius 1 is 1.06 bits per heavy atom. The molecule has 5 nitrogen and oxygen atoms in total. The van der Waals surface area contributed by atoms with E-state index in [1.807, 2.05) is 21.9 Å². The third-order valence-electron chi connectivity index (χ3n) is 7.42. The second-order valence-electron chi connectivity index (χ2n) is 9.23. The van der Waals surface area contributed by atoms with Gasteiger partial charge in [-0.25, -0.2) is 0 Å². The number of carbonyl (C=O) groups is 2. The van der Waals surface area contributed by atoms with Crippen molar-refractivity contribution in [3.05, 3.63) is 64.2 Å². The number of methoxy groups -OCH3 is 1. The molecule has 1 saturated carbocycles. The van der Waals surface area contributed by atoms with Crippen molar-refractivity contribution in [2.24, 2.45) is 5.92 Å². The fourth-order valence-corrected chi connectivity index (χ4v) is 5.99. The van der Waals surface area contributed by atoms with Crippen molar-refractivity contribution < 1.29 is 14.3 Å². The largest absolute Gasteiger partial charge is 0.497 e. The number of ether oxygens (including phenoxy) is 1. The lowest BCUT2D eigenvalue weighted by Gasteiger charge is -2.36. The van der Waals surface area contributed by atoms with E-state index in [2.05, 4.69) is 6.07 Å². The summed E-state index contributed by atoms with van der Waals surface area (Å²) < 4.78 is 5.38. The van der Waals surface area contributed by atoms with Crippen molar-refractivity contribution >= 4 is 23.4 Å². The van der Waals surface area contributed by atoms with Gasteiger partial charge < -0.3 is 14.5 Å². The molecule has 5 rings (SSSR count). The third kappa shape index (κ3) is 3.88. The first-order valence-electron chi connectivity index (χ1n) is 11.6. The summed E-state index contributed by atoms with van der Waals surface area (Å²) in [5.41, 5.74) is 2.96. The average molecular weight is 453 g/mol. The summed E-state index contributed by atoms with van der Waals surface area (Å²) >= 11 is 6.17. The molecule has 1 aliphatic carbocycles. The van der Waals surface area contributed by atoms with Gasteiger partial charge in [0, 0.05) is 29.7 Å². The predicted octanol–water partition coefficient (Wildman–Crippen LogP) is 4.71. The van der Waals surface area contributed by atoms with E-state index in [0.717, 1.165) is 43.4 Å². The van der Waals surface area contributed by atoms with Crippen molar-refractivity contribution in [2.75, 3.05) is 13.7 Å². The molecule has 3 aliphatic rings. The third-order valence-corrected chi connectivity index (χ3v) is 7.65. The summed E-state index contributed by atoms with van der Waals surface area (Å²) in [5.74, 6) is 1.21. The van der Waals surface area contributed by atoms with Crippen LogP contribution in [0.2, 0.25) is 5.02 Å². The van der Waals surface area contributed by atoms with Crippen LogP contribution in [0.25, 0.3) is 0 Å². The molecular weight excluding hydrogens is 424 g/mol. The van der Waals surface area contributed by atoms with E-state index in [4.69, 9.17) is 16.3 Å². The molecule has 0 spiro atoms. The lowest BCUT2D eigenvalue weighted by atomic mass is 9.84. The minimum Gasteiger partial charge on any atom is -0.497 e. The van der Waals surface area contributed by atoms with Crippen LogP contribution in [0.1, 0.15) is 53.6 Å². The molecule has 2 amide bonds. The van der Waals surface area contributed by atoms with E-state index in [1.54, 1.807) is 31.4 Å². The van der Waals surface area contributed by atoms with Crippen LogP contribution in [0.3, 0.4) is 0 Å². The number of likely N-dealkylation sites (tertiary alicyclic amines) is 1. The Morgan fingerprint density at radius 3 is 2.72 bits per heavy atom. The smallest absolute Gasteiger partial charge is 0.254 e. The van der Waals surface area contributed by atoms with E-state index in [9.17, 15) is 9.59 Å². The van der Waals surface area contributed by atoms with Crippen LogP contribution in [0.4, 0.5) is 0 Å². The Morgan fingerprint density at radius 2 is 1.91 bits per heavy atom. The molecule has 2 heterocycles. The molecule has 2 aliphatic heterocycles. The Labute approximate surface area is 194 Å². The van der Waals surface area contributed by atoms with Gasteiger partial charge in [0.05, 0.1) is 7.11 Å². The van der Waals surface area contributed by atoms with E-state index in [1.165, 1.54) is 12.0 Å². The molecule has 168 valence electrons. The number of amides is 2. The van der Waals surface area contributed by atoms with Gasteiger partial charge in [0.25, 0.3) is 5.91 Å². The first-order valence-corrected chi connectivity index (χ1v) is 12.0. The van der Waals surface area contributed by atoms with Gasteiger partial charge in [0.1, 0.15) is 11.8 Å². The van der Waals surface area contributed by atoms with Gasteiger partial charge in [-0.05, 0) is 73.1 Å². The number of benzene rings is 2. The second kappa shape index (κ2) is 8.78. The van der Waals surface area contributed by atoms with Crippen LogP contribution in [0.5, 0.6) is 5.75 Å². The minimum atomic E-state index is -0.401. The Kier molecular flexibility index (Phi) is 5.85. The maximum atomic E-state index is 13.8. The monoisotopic (exact) mass is 452 g/mol. The highest BCUT2D eigenvalue weighted by Gasteiger charge is 2.48. The predicted molar refractivity (Wildman–Crippen MR) is 124 cm³/mol. The number of hydrogen-bond donors (Lipinski definition) is 0. The molecule has 2 aromatic carbocycles. The molecule has 3 atom stereocenters. The number of rotatable bonds is 3. The van der Waals surface area contributed by atoms with E-state index in [-0.39, 0.29) is 17.9 Å². The lowest BCUT2D eigenvalue weighted by Crippen LogP contribution is -2.51. The van der Waals surface area contributed by atoms with Crippen molar-refractivity contribution in [1.29, 1.82) is 0 Å². The standard InChI is InChI=1S/C26H29ClN2O3/c1-32-22-10-9-17-11-12-28(16-20(17)14-22)26(31)24-15-18-5-2-3-8-23(18)29(24)25(30)19-6-4-7-21(27)13-19/h4,6-7,9-10,13-14,18,23-24H,2-3,5,8,11-12,15-16H2,1H3/t18-,23+,24-/m0/s1. The average Bonchev–Trinajstić information content (AvgIpc) is 3.22. The lowest BCUT2D eigenvalue weighted by molar-refractivity contribution is -0.136. The van der Waals surface area contributed by atoms with Crippen LogP contribution >= 0.6 is 11.6 Å². The number of halogens is 1. The summed E-state index contributed by atoms with van der Waals surface area (Å²) in [5, 5.41) is 0.541. The fraction of sp³-hybridized carbons (Fsp3) is 0.462. The molecule has 0 unspecified atom stereocenters. The molecular formula is C26H29ClN2O3. The highest BCUT2D eigenvalue weighted by Crippen LogP contribution is 2.41. The Hall–Kier alpha value is -2.53. The zero-order valence-electron chi connectivity index (χ0n) is 18.4. The molecule has 0 N–H and O–H groups in total. The quantitative estimate of drug-likeness (QED) is 0.677. The van der Waals surface area contributed by atoms with Crippen molar-refractivity contribution in [3.8, 4) is 5.75 Å². The van der Waals surface area contributed by atoms with E-state index in [0.29, 0.717) is 29.6 Å². The van der Waals surface area contributed by atoms with Gasteiger partial charge in [-0.3, -0.25) is 9.59 Å². The minimum absolute atomic E-state index is 0.0701. The number of fused-ring (bicyclic) bond motifs is 2. The first kappa shape index (κ1) is 21.3. The SMILES string of the molecule is COc1ccc2c(c1)CN(C(=O)[C@@H]1C[C@@H]3CCCC[C@H]3N1C(=O)c1cccc(Cl)c1)CC2. The number of carbonyl (C=O) groups excluding carboxylic acids is 2. The van der Waals surface area contributed by atoms with Gasteiger partial charge in [0.2, 0.25) is 5.91 Å². The fourth-order valence-electron chi connectivity index (χ4n) is 5.80. The van der Waals surface area contributed by atoms with Crippen LogP contribution in [-0.4, -0.2) is 47.4 Å². The van der Waals surface area contributed by atoms with Gasteiger partial charge >= 0.3 is 0 Å². The van der Waals surface area contributed by atoms with Crippen LogP contribution in [0, 0.1) is 5.92 Å². The molecule has 6 heteroatoms. The molecule has 2 aromatic rings. The summed E-state index contributed by atoms with van der Waals surface area (Å²) in [6.07, 6.45) is 5.94. The summed E-state index contributed by atoms with van der Waals surface area (Å²) in [4.78, 5) is 31.2. The highest BCUT2D eigenvalue weighted by atomic mass is 35.5. The molecule has 0 bridgehead atoms. The number of hydrogen-bond acceptors (Lipinski definition) is 3. The maximum Gasteiger partial charge on any atom is 0.254 e. The normalized spacial score (nSPS) is 24.6. The zero-order chi connectivity index (χ0) is 22.2. The Bertz CT molecular complexity index is 1040. The molecule has 2 fully saturated rings. The maximum absolute atomic E-state index is 13.8. The van der Waals surface area contributed by atoms with Crippen molar-refractivity contribution in [1.82, 2.24) is 9.80 Å². The van der Waals surface area contributed by atoms with E-state index < -0.39 is 6.04 Å². The second-order valence-corrected chi connectivity index (χ2v) is 9.67. The molecule has 1 saturated heterocycles. The van der Waals surface area contributed by atoms with Gasteiger partial charge in [-0.2, -0.15) is 0 Å². The number of nitrogens with zero attached hydrogens (tertiary/aromatic N) is 2. The van der Waals surface area contributed by atoms with E-state index >= 15 is 0 Å². The topological polar surface area (TPSA) is 49.9 Å².